The molecule has 2 N–H and O–H groups in total. The zero-order valence-electron chi connectivity index (χ0n) is 34.7. The molecule has 0 aliphatic carbocycles. The third kappa shape index (κ3) is 12.6. The Balaban J connectivity index is 0.000000360. The van der Waals surface area contributed by atoms with Crippen LogP contribution in [0.2, 0.25) is 0 Å². The van der Waals surface area contributed by atoms with Crippen LogP contribution in [-0.2, 0) is 38.2 Å². The van der Waals surface area contributed by atoms with Gasteiger partial charge in [0.15, 0.2) is 0 Å². The number of aromatic hydroxyl groups is 2. The van der Waals surface area contributed by atoms with Gasteiger partial charge in [-0.1, -0.05) is 180 Å². The van der Waals surface area contributed by atoms with Gasteiger partial charge in [0.25, 0.3) is 0 Å². The summed E-state index contributed by atoms with van der Waals surface area (Å²) < 4.78 is 11.6. The van der Waals surface area contributed by atoms with Gasteiger partial charge in [0.2, 0.25) is 0 Å². The van der Waals surface area contributed by atoms with Crippen molar-refractivity contribution >= 4 is 22.7 Å². The smallest absolute Gasteiger partial charge is 0.652 e. The van der Waals surface area contributed by atoms with Crippen LogP contribution < -0.4 is 9.47 Å². The van der Waals surface area contributed by atoms with Gasteiger partial charge in [-0.2, -0.15) is 0 Å². The maximum absolute atomic E-state index is 10.9. The number of rotatable bonds is 10. The van der Waals surface area contributed by atoms with Crippen molar-refractivity contribution in [3.63, 3.8) is 0 Å². The first-order valence-electron chi connectivity index (χ1n) is 18.7. The SMILES string of the molecule is CCCOc1ccccc1[N-]c1cc(C(C)(C)C)cc(C(C)(C)C)c1O.CCCOc1ccccc1[N-]c1cc(C(C)(C)C)cc(C(C)(C)C)c1O.[Ni+2]. The van der Waals surface area contributed by atoms with E-state index in [-0.39, 0.29) is 49.7 Å². The van der Waals surface area contributed by atoms with E-state index in [9.17, 15) is 10.2 Å². The number of para-hydroxylation sites is 4. The van der Waals surface area contributed by atoms with Crippen molar-refractivity contribution < 1.29 is 36.2 Å². The van der Waals surface area contributed by atoms with Crippen LogP contribution in [0.3, 0.4) is 0 Å². The molecule has 0 fully saturated rings. The van der Waals surface area contributed by atoms with E-state index in [4.69, 9.17) is 20.1 Å². The summed E-state index contributed by atoms with van der Waals surface area (Å²) in [5.41, 5.74) is 6.39. The average Bonchev–Trinajstić information content (AvgIpc) is 3.04. The van der Waals surface area contributed by atoms with Crippen molar-refractivity contribution in [2.24, 2.45) is 0 Å². The van der Waals surface area contributed by atoms with Crippen LogP contribution in [0.15, 0.2) is 72.8 Å². The molecular weight excluding hydrogens is 703 g/mol. The van der Waals surface area contributed by atoms with Gasteiger partial charge in [0, 0.05) is 0 Å². The van der Waals surface area contributed by atoms with Crippen molar-refractivity contribution in [2.45, 2.75) is 131 Å². The molecule has 0 radical (unpaired) electrons. The second-order valence-corrected chi connectivity index (χ2v) is 17.6. The van der Waals surface area contributed by atoms with Crippen molar-refractivity contribution in [3.05, 3.63) is 106 Å². The average molecular weight is 768 g/mol. The second kappa shape index (κ2) is 18.5. The molecule has 0 aromatic heterocycles. The fourth-order valence-electron chi connectivity index (χ4n) is 5.44. The largest absolute Gasteiger partial charge is 2.00 e. The topological polar surface area (TPSA) is 87.1 Å². The summed E-state index contributed by atoms with van der Waals surface area (Å²) in [5.74, 6) is 1.98. The summed E-state index contributed by atoms with van der Waals surface area (Å²) in [4.78, 5) is 0. The molecule has 0 saturated heterocycles. The molecule has 0 atom stereocenters. The van der Waals surface area contributed by atoms with Crippen LogP contribution in [-0.4, -0.2) is 23.4 Å². The summed E-state index contributed by atoms with van der Waals surface area (Å²) >= 11 is 0. The summed E-state index contributed by atoms with van der Waals surface area (Å²) in [7, 11) is 0. The molecule has 4 rings (SSSR count). The van der Waals surface area contributed by atoms with E-state index in [0.717, 1.165) is 58.0 Å². The molecule has 0 saturated carbocycles. The van der Waals surface area contributed by atoms with E-state index in [1.54, 1.807) is 0 Å². The number of ether oxygens (including phenoxy) is 2. The third-order valence-electron chi connectivity index (χ3n) is 8.66. The number of hydrogen-bond acceptors (Lipinski definition) is 4. The number of phenols is 2. The molecule has 0 bridgehead atoms. The van der Waals surface area contributed by atoms with Gasteiger partial charge in [-0.15, -0.1) is 0 Å². The first-order chi connectivity index (χ1) is 24.1. The van der Waals surface area contributed by atoms with Crippen molar-refractivity contribution in [2.75, 3.05) is 13.2 Å². The molecule has 0 spiro atoms. The first kappa shape index (κ1) is 45.3. The van der Waals surface area contributed by atoms with Crippen molar-refractivity contribution in [3.8, 4) is 23.0 Å². The van der Waals surface area contributed by atoms with Gasteiger partial charge in [-0.25, -0.2) is 0 Å². The van der Waals surface area contributed by atoms with Crippen molar-refractivity contribution in [1.82, 2.24) is 0 Å². The fraction of sp³-hybridized carbons (Fsp3) is 0.478. The van der Waals surface area contributed by atoms with E-state index in [1.807, 2.05) is 60.7 Å². The summed E-state index contributed by atoms with van der Waals surface area (Å²) in [6.45, 7) is 31.1. The standard InChI is InChI=1S/2C23H32NO2.Ni/c2*1-8-13-26-20-12-10-9-11-18(20)24-19-15-16(22(2,3)4)14-17(21(19)25)23(5,6)7;/h2*9-12,14-15,25H,8,13H2,1-7H3;/q2*-1;+2. The Morgan fingerprint density at radius 3 is 1.08 bits per heavy atom. The van der Waals surface area contributed by atoms with E-state index in [1.165, 1.54) is 0 Å². The zero-order valence-corrected chi connectivity index (χ0v) is 35.7. The molecule has 7 heteroatoms. The maximum Gasteiger partial charge on any atom is 2.00 e. The second-order valence-electron chi connectivity index (χ2n) is 17.6. The van der Waals surface area contributed by atoms with Crippen LogP contribution in [0.25, 0.3) is 10.6 Å². The van der Waals surface area contributed by atoms with Crippen LogP contribution in [0.4, 0.5) is 22.7 Å². The Hall–Kier alpha value is -3.83. The summed E-state index contributed by atoms with van der Waals surface area (Å²) in [5, 5.41) is 31.4. The molecule has 0 amide bonds. The number of phenolic OH excluding ortho intramolecular Hbond substituents is 2. The van der Waals surface area contributed by atoms with E-state index in [0.29, 0.717) is 24.6 Å². The van der Waals surface area contributed by atoms with Gasteiger partial charge in [0.05, 0.1) is 13.2 Å². The predicted octanol–water partition coefficient (Wildman–Crippen LogP) is 14.2. The molecule has 6 nitrogen and oxygen atoms in total. The van der Waals surface area contributed by atoms with Gasteiger partial charge in [0.1, 0.15) is 23.0 Å². The molecule has 0 aliphatic rings. The summed E-state index contributed by atoms with van der Waals surface area (Å²) in [6.07, 6.45) is 1.88. The Bertz CT molecular complexity index is 1640. The minimum Gasteiger partial charge on any atom is -0.652 e. The molecule has 0 unspecified atom stereocenters. The summed E-state index contributed by atoms with van der Waals surface area (Å²) in [6, 6.07) is 23.6. The monoisotopic (exact) mass is 766 g/mol. The zero-order chi connectivity index (χ0) is 39.1. The molecular formula is C46H64N2NiO4. The normalized spacial score (nSPS) is 11.9. The Labute approximate surface area is 331 Å². The Morgan fingerprint density at radius 1 is 0.472 bits per heavy atom. The van der Waals surface area contributed by atoms with Crippen LogP contribution in [0.5, 0.6) is 23.0 Å². The first-order valence-corrected chi connectivity index (χ1v) is 18.7. The van der Waals surface area contributed by atoms with E-state index in [2.05, 4.69) is 109 Å². The van der Waals surface area contributed by atoms with Gasteiger partial charge in [-0.3, -0.25) is 0 Å². The van der Waals surface area contributed by atoms with Gasteiger partial charge in [-0.05, 0) is 68.9 Å². The Kier molecular flexibility index (Phi) is 15.8. The predicted molar refractivity (Wildman–Crippen MR) is 221 cm³/mol. The minimum atomic E-state index is -0.173. The number of hydrogen-bond donors (Lipinski definition) is 2. The molecule has 292 valence electrons. The third-order valence-corrected chi connectivity index (χ3v) is 8.66. The molecule has 4 aromatic rings. The number of benzene rings is 4. The van der Waals surface area contributed by atoms with Gasteiger partial charge < -0.3 is 30.3 Å². The maximum atomic E-state index is 10.9. The Morgan fingerprint density at radius 2 is 0.792 bits per heavy atom. The quantitative estimate of drug-likeness (QED) is 0.157. The van der Waals surface area contributed by atoms with Crippen LogP contribution >= 0.6 is 0 Å². The fourth-order valence-corrected chi connectivity index (χ4v) is 5.44. The van der Waals surface area contributed by atoms with E-state index >= 15 is 0 Å². The van der Waals surface area contributed by atoms with Crippen molar-refractivity contribution in [1.29, 1.82) is 0 Å². The molecule has 4 aromatic carbocycles. The molecule has 0 aliphatic heterocycles. The molecule has 0 heterocycles. The van der Waals surface area contributed by atoms with E-state index < -0.39 is 0 Å². The van der Waals surface area contributed by atoms with Crippen LogP contribution in [0, 0.1) is 0 Å². The molecule has 53 heavy (non-hydrogen) atoms. The van der Waals surface area contributed by atoms with Crippen LogP contribution in [0.1, 0.15) is 132 Å². The van der Waals surface area contributed by atoms with Gasteiger partial charge >= 0.3 is 16.5 Å². The minimum absolute atomic E-state index is 0. The number of nitrogens with zero attached hydrogens (tertiary/aromatic N) is 2.